The summed E-state index contributed by atoms with van der Waals surface area (Å²) in [6, 6.07) is 0. The molecule has 4 aliphatic carbocycles. The smallest absolute Gasteiger partial charge is 0.383 e. The van der Waals surface area contributed by atoms with E-state index in [4.69, 9.17) is 5.11 Å². The van der Waals surface area contributed by atoms with Crippen LogP contribution in [0.1, 0.15) is 32.1 Å². The molecule has 0 heterocycles. The van der Waals surface area contributed by atoms with Crippen LogP contribution in [0.5, 0.6) is 0 Å². The number of alkyl halides is 5. The Labute approximate surface area is 124 Å². The molecular weight excluding hydrogens is 307 g/mol. The van der Waals surface area contributed by atoms with Gasteiger partial charge in [0.1, 0.15) is 5.60 Å². The van der Waals surface area contributed by atoms with Crippen molar-refractivity contribution >= 4 is 0 Å². The molecule has 0 aromatic rings. The van der Waals surface area contributed by atoms with Gasteiger partial charge in [0.2, 0.25) is 6.10 Å². The van der Waals surface area contributed by atoms with Gasteiger partial charge in [-0.1, -0.05) is 0 Å². The van der Waals surface area contributed by atoms with Gasteiger partial charge in [-0.2, -0.15) is 13.2 Å². The van der Waals surface area contributed by atoms with Crippen LogP contribution in [-0.4, -0.2) is 34.0 Å². The molecule has 2 nitrogen and oxygen atoms in total. The summed E-state index contributed by atoms with van der Waals surface area (Å²) in [5, 5.41) is 19.6. The highest BCUT2D eigenvalue weighted by molar-refractivity contribution is 5.20. The van der Waals surface area contributed by atoms with Gasteiger partial charge >= 0.3 is 12.1 Å². The first-order valence-corrected chi connectivity index (χ1v) is 7.92. The molecule has 0 aromatic carbocycles. The Morgan fingerprint density at radius 2 is 1.50 bits per heavy atom. The molecule has 4 fully saturated rings. The fraction of sp³-hybridized carbons (Fsp3) is 1.00. The predicted molar refractivity (Wildman–Crippen MR) is 66.0 cm³/mol. The molecule has 0 saturated heterocycles. The highest BCUT2D eigenvalue weighted by Crippen LogP contribution is 2.71. The molecule has 4 saturated carbocycles. The first kappa shape index (κ1) is 15.1. The van der Waals surface area contributed by atoms with Crippen LogP contribution in [0.25, 0.3) is 0 Å². The second-order valence-electron chi connectivity index (χ2n) is 7.79. The van der Waals surface area contributed by atoms with Crippen molar-refractivity contribution < 1.29 is 32.2 Å². The zero-order valence-electron chi connectivity index (χ0n) is 11.9. The SMILES string of the molecule is OC(C(F)(F)F)C(F)(F)C1(O)CC2CC1C1C3CCC(C3)C21. The highest BCUT2D eigenvalue weighted by atomic mass is 19.4. The van der Waals surface area contributed by atoms with Crippen LogP contribution >= 0.6 is 0 Å². The minimum atomic E-state index is -5.44. The van der Waals surface area contributed by atoms with Crippen molar-refractivity contribution in [2.24, 2.45) is 35.5 Å². The Kier molecular flexibility index (Phi) is 2.85. The number of hydrogen-bond acceptors (Lipinski definition) is 2. The molecule has 126 valence electrons. The van der Waals surface area contributed by atoms with Crippen molar-refractivity contribution in [1.29, 1.82) is 0 Å². The number of aliphatic hydroxyl groups excluding tert-OH is 1. The predicted octanol–water partition coefficient (Wildman–Crippen LogP) is 2.98. The zero-order valence-corrected chi connectivity index (χ0v) is 11.9. The summed E-state index contributed by atoms with van der Waals surface area (Å²) >= 11 is 0. The van der Waals surface area contributed by atoms with Gasteiger partial charge in [0.05, 0.1) is 0 Å². The van der Waals surface area contributed by atoms with Gasteiger partial charge in [0.25, 0.3) is 0 Å². The van der Waals surface area contributed by atoms with E-state index in [-0.39, 0.29) is 24.2 Å². The summed E-state index contributed by atoms with van der Waals surface area (Å²) < 4.78 is 66.4. The third-order valence-corrected chi connectivity index (χ3v) is 7.03. The molecule has 2 N–H and O–H groups in total. The van der Waals surface area contributed by atoms with Crippen molar-refractivity contribution in [2.45, 2.75) is 55.9 Å². The van der Waals surface area contributed by atoms with Gasteiger partial charge in [0.15, 0.2) is 0 Å². The molecule has 0 amide bonds. The van der Waals surface area contributed by atoms with E-state index in [2.05, 4.69) is 0 Å². The van der Waals surface area contributed by atoms with E-state index in [9.17, 15) is 27.1 Å². The van der Waals surface area contributed by atoms with Crippen LogP contribution in [0.2, 0.25) is 0 Å². The molecular formula is C15H19F5O2. The number of hydrogen-bond donors (Lipinski definition) is 2. The lowest BCUT2D eigenvalue weighted by Crippen LogP contribution is -2.64. The standard InChI is InChI=1S/C15H19F5O2/c16-14(17,12(21)15(18,19)20)13(22)5-8-4-9(13)11-7-2-1-6(3-7)10(8)11/h6-12,21-22H,1-5H2. The number of halogens is 5. The van der Waals surface area contributed by atoms with Gasteiger partial charge in [-0.05, 0) is 67.6 Å². The summed E-state index contributed by atoms with van der Waals surface area (Å²) in [5.41, 5.74) is -2.72. The van der Waals surface area contributed by atoms with Crippen molar-refractivity contribution in [3.8, 4) is 0 Å². The molecule has 7 heteroatoms. The minimum Gasteiger partial charge on any atom is -0.383 e. The van der Waals surface area contributed by atoms with Gasteiger partial charge in [-0.15, -0.1) is 0 Å². The lowest BCUT2D eigenvalue weighted by molar-refractivity contribution is -0.326. The van der Waals surface area contributed by atoms with E-state index in [0.29, 0.717) is 18.3 Å². The summed E-state index contributed by atoms with van der Waals surface area (Å²) in [5.74, 6) is -4.54. The lowest BCUT2D eigenvalue weighted by atomic mass is 9.63. The first-order chi connectivity index (χ1) is 10.1. The zero-order chi connectivity index (χ0) is 16.1. The van der Waals surface area contributed by atoms with Crippen molar-refractivity contribution in [1.82, 2.24) is 0 Å². The fourth-order valence-corrected chi connectivity index (χ4v) is 6.43. The molecule has 0 spiro atoms. The van der Waals surface area contributed by atoms with Crippen LogP contribution in [0.15, 0.2) is 0 Å². The van der Waals surface area contributed by atoms with E-state index in [1.165, 1.54) is 0 Å². The molecule has 0 radical (unpaired) electrons. The Morgan fingerprint density at radius 1 is 0.909 bits per heavy atom. The number of fused-ring (bicyclic) bond motifs is 9. The Balaban J connectivity index is 1.66. The van der Waals surface area contributed by atoms with Crippen molar-refractivity contribution in [3.05, 3.63) is 0 Å². The molecule has 4 bridgehead atoms. The second-order valence-corrected chi connectivity index (χ2v) is 7.79. The molecule has 0 aromatic heterocycles. The van der Waals surface area contributed by atoms with E-state index >= 15 is 0 Å². The average Bonchev–Trinajstić information content (AvgIpc) is 3.13. The molecule has 8 unspecified atom stereocenters. The fourth-order valence-electron chi connectivity index (χ4n) is 6.43. The third kappa shape index (κ3) is 1.62. The summed E-state index contributed by atoms with van der Waals surface area (Å²) in [7, 11) is 0. The maximum Gasteiger partial charge on any atom is 0.420 e. The van der Waals surface area contributed by atoms with E-state index < -0.39 is 29.7 Å². The van der Waals surface area contributed by atoms with E-state index in [1.807, 2.05) is 0 Å². The van der Waals surface area contributed by atoms with Crippen LogP contribution in [0.3, 0.4) is 0 Å². The van der Waals surface area contributed by atoms with Gasteiger partial charge in [-0.25, -0.2) is 8.78 Å². The first-order valence-electron chi connectivity index (χ1n) is 7.92. The topological polar surface area (TPSA) is 40.5 Å². The number of rotatable bonds is 2. The van der Waals surface area contributed by atoms with Gasteiger partial charge in [0, 0.05) is 0 Å². The Morgan fingerprint density at radius 3 is 2.09 bits per heavy atom. The lowest BCUT2D eigenvalue weighted by Gasteiger charge is -2.47. The Hall–Kier alpha value is -0.430. The number of aliphatic hydroxyl groups is 2. The molecule has 22 heavy (non-hydrogen) atoms. The quantitative estimate of drug-likeness (QED) is 0.605. The maximum absolute atomic E-state index is 14.3. The summed E-state index contributed by atoms with van der Waals surface area (Å²) in [6.07, 6.45) is -6.21. The van der Waals surface area contributed by atoms with Gasteiger partial charge < -0.3 is 10.2 Å². The van der Waals surface area contributed by atoms with Crippen LogP contribution in [-0.2, 0) is 0 Å². The van der Waals surface area contributed by atoms with Crippen LogP contribution in [0, 0.1) is 35.5 Å². The van der Waals surface area contributed by atoms with Crippen LogP contribution in [0.4, 0.5) is 22.0 Å². The molecule has 0 aliphatic heterocycles. The highest BCUT2D eigenvalue weighted by Gasteiger charge is 2.76. The monoisotopic (exact) mass is 326 g/mol. The molecule has 4 aliphatic rings. The maximum atomic E-state index is 14.3. The van der Waals surface area contributed by atoms with E-state index in [1.54, 1.807) is 0 Å². The molecule has 8 atom stereocenters. The summed E-state index contributed by atoms with van der Waals surface area (Å²) in [6.45, 7) is 0. The average molecular weight is 326 g/mol. The molecule has 4 rings (SSSR count). The largest absolute Gasteiger partial charge is 0.420 e. The van der Waals surface area contributed by atoms with E-state index in [0.717, 1.165) is 19.3 Å². The van der Waals surface area contributed by atoms with Crippen molar-refractivity contribution in [3.63, 3.8) is 0 Å². The van der Waals surface area contributed by atoms with Gasteiger partial charge in [-0.3, -0.25) is 0 Å². The second kappa shape index (κ2) is 4.15. The Bertz CT molecular complexity index is 493. The third-order valence-electron chi connectivity index (χ3n) is 7.03. The summed E-state index contributed by atoms with van der Waals surface area (Å²) in [4.78, 5) is 0. The van der Waals surface area contributed by atoms with Crippen LogP contribution < -0.4 is 0 Å². The van der Waals surface area contributed by atoms with Crippen molar-refractivity contribution in [2.75, 3.05) is 0 Å². The minimum absolute atomic E-state index is 0.0891. The normalized spacial score (nSPS) is 51.4.